The van der Waals surface area contributed by atoms with E-state index < -0.39 is 0 Å². The van der Waals surface area contributed by atoms with Gasteiger partial charge >= 0.3 is 0 Å². The van der Waals surface area contributed by atoms with Crippen molar-refractivity contribution in [2.45, 2.75) is 57.5 Å². The molecule has 1 amide bonds. The average molecular weight is 530 g/mol. The zero-order valence-electron chi connectivity index (χ0n) is 23.6. The number of H-pyrrole nitrogens is 1. The molecular formula is C31H43N7O. The van der Waals surface area contributed by atoms with Crippen LogP contribution in [0.1, 0.15) is 44.6 Å². The van der Waals surface area contributed by atoms with Crippen molar-refractivity contribution in [3.63, 3.8) is 0 Å². The first-order valence-electron chi connectivity index (χ1n) is 14.5. The molecule has 0 radical (unpaired) electrons. The third-order valence-electron chi connectivity index (χ3n) is 8.12. The molecule has 2 aliphatic rings. The van der Waals surface area contributed by atoms with Crippen molar-refractivity contribution >= 4 is 22.8 Å². The van der Waals surface area contributed by atoms with Crippen LogP contribution in [-0.2, 0) is 11.2 Å². The van der Waals surface area contributed by atoms with Crippen LogP contribution in [0.15, 0.2) is 48.8 Å². The van der Waals surface area contributed by atoms with Crippen LogP contribution < -0.4 is 10.6 Å². The topological polar surface area (TPSA) is 89.2 Å². The number of aromatic nitrogens is 3. The molecule has 208 valence electrons. The third kappa shape index (κ3) is 6.86. The Bertz CT molecular complexity index is 1280. The van der Waals surface area contributed by atoms with Crippen LogP contribution in [0.5, 0.6) is 0 Å². The molecule has 1 aromatic carbocycles. The monoisotopic (exact) mass is 529 g/mol. The SMILES string of the molecule is CCc1cnc(NC2CCC[C@H](NCC3CCN(C(=O)/C=C/CN(C)C)C3)C2)nc1-c1c[nH]c2ccccc12. The van der Waals surface area contributed by atoms with Crippen LogP contribution in [0.4, 0.5) is 5.95 Å². The third-order valence-corrected chi connectivity index (χ3v) is 8.12. The molecule has 3 heterocycles. The summed E-state index contributed by atoms with van der Waals surface area (Å²) < 4.78 is 0. The minimum absolute atomic E-state index is 0.141. The summed E-state index contributed by atoms with van der Waals surface area (Å²) in [5.74, 6) is 1.38. The summed E-state index contributed by atoms with van der Waals surface area (Å²) in [6.45, 7) is 5.62. The minimum Gasteiger partial charge on any atom is -0.360 e. The molecule has 3 atom stereocenters. The molecule has 3 N–H and O–H groups in total. The summed E-state index contributed by atoms with van der Waals surface area (Å²) in [4.78, 5) is 29.6. The largest absolute Gasteiger partial charge is 0.360 e. The Hall–Kier alpha value is -3.23. The van der Waals surface area contributed by atoms with Crippen molar-refractivity contribution in [3.05, 3.63) is 54.4 Å². The molecule has 2 unspecified atom stereocenters. The fourth-order valence-electron chi connectivity index (χ4n) is 5.93. The maximum absolute atomic E-state index is 12.5. The molecule has 3 aromatic rings. The van der Waals surface area contributed by atoms with Crippen LogP contribution in [-0.4, -0.2) is 83.0 Å². The number of carbonyl (C=O) groups is 1. The van der Waals surface area contributed by atoms with E-state index in [1.165, 1.54) is 18.2 Å². The number of fused-ring (bicyclic) bond motifs is 1. The summed E-state index contributed by atoms with van der Waals surface area (Å²) in [5.41, 5.74) is 4.42. The number of hydrogen-bond donors (Lipinski definition) is 3. The number of nitrogens with one attached hydrogen (secondary N) is 3. The van der Waals surface area contributed by atoms with Crippen molar-refractivity contribution in [1.29, 1.82) is 0 Å². The maximum Gasteiger partial charge on any atom is 0.246 e. The second-order valence-corrected chi connectivity index (χ2v) is 11.4. The van der Waals surface area contributed by atoms with Crippen molar-refractivity contribution in [1.82, 2.24) is 30.1 Å². The van der Waals surface area contributed by atoms with E-state index in [9.17, 15) is 4.79 Å². The van der Waals surface area contributed by atoms with Crippen LogP contribution in [0.25, 0.3) is 22.2 Å². The number of hydrogen-bond acceptors (Lipinski definition) is 6. The number of likely N-dealkylation sites (N-methyl/N-ethyl adjacent to an activating group) is 1. The molecule has 1 saturated carbocycles. The Balaban J connectivity index is 1.15. The molecule has 39 heavy (non-hydrogen) atoms. The Morgan fingerprint density at radius 3 is 2.90 bits per heavy atom. The summed E-state index contributed by atoms with van der Waals surface area (Å²) in [7, 11) is 4.02. The van der Waals surface area contributed by atoms with Gasteiger partial charge in [-0.25, -0.2) is 9.97 Å². The highest BCUT2D eigenvalue weighted by molar-refractivity contribution is 5.95. The molecule has 2 fully saturated rings. The van der Waals surface area contributed by atoms with Crippen molar-refractivity contribution in [2.24, 2.45) is 5.92 Å². The lowest BCUT2D eigenvalue weighted by molar-refractivity contribution is -0.125. The zero-order chi connectivity index (χ0) is 27.2. The highest BCUT2D eigenvalue weighted by Gasteiger charge is 2.27. The Kier molecular flexibility index (Phi) is 8.94. The van der Waals surface area contributed by atoms with Gasteiger partial charge in [-0.2, -0.15) is 0 Å². The molecular weight excluding hydrogens is 486 g/mol. The number of benzene rings is 1. The fraction of sp³-hybridized carbons (Fsp3) is 0.516. The molecule has 8 heteroatoms. The lowest BCUT2D eigenvalue weighted by atomic mass is 9.90. The first kappa shape index (κ1) is 27.3. The van der Waals surface area contributed by atoms with Crippen LogP contribution >= 0.6 is 0 Å². The summed E-state index contributed by atoms with van der Waals surface area (Å²) >= 11 is 0. The molecule has 1 aliphatic carbocycles. The number of nitrogens with zero attached hydrogens (tertiary/aromatic N) is 4. The van der Waals surface area contributed by atoms with Gasteiger partial charge in [0.25, 0.3) is 0 Å². The smallest absolute Gasteiger partial charge is 0.246 e. The van der Waals surface area contributed by atoms with E-state index >= 15 is 0 Å². The summed E-state index contributed by atoms with van der Waals surface area (Å²) in [6, 6.07) is 9.20. The number of amides is 1. The van der Waals surface area contributed by atoms with Gasteiger partial charge < -0.3 is 25.4 Å². The second-order valence-electron chi connectivity index (χ2n) is 11.4. The quantitative estimate of drug-likeness (QED) is 0.336. The van der Waals surface area contributed by atoms with Gasteiger partial charge in [-0.1, -0.05) is 31.2 Å². The van der Waals surface area contributed by atoms with Gasteiger partial charge in [0.05, 0.1) is 5.69 Å². The fourth-order valence-corrected chi connectivity index (χ4v) is 5.93. The molecule has 1 aliphatic heterocycles. The van der Waals surface area contributed by atoms with Crippen LogP contribution in [0.3, 0.4) is 0 Å². The first-order valence-corrected chi connectivity index (χ1v) is 14.5. The summed E-state index contributed by atoms with van der Waals surface area (Å²) in [5, 5.41) is 8.67. The van der Waals surface area contributed by atoms with Gasteiger partial charge in [0.15, 0.2) is 0 Å². The molecule has 5 rings (SSSR count). The highest BCUT2D eigenvalue weighted by Crippen LogP contribution is 2.31. The van der Waals surface area contributed by atoms with Gasteiger partial charge in [0.1, 0.15) is 0 Å². The molecule has 1 saturated heterocycles. The zero-order valence-corrected chi connectivity index (χ0v) is 23.6. The molecule has 0 spiro atoms. The molecule has 0 bridgehead atoms. The molecule has 2 aromatic heterocycles. The predicted octanol–water partition coefficient (Wildman–Crippen LogP) is 4.47. The number of carbonyl (C=O) groups excluding carboxylic acids is 1. The predicted molar refractivity (Wildman–Crippen MR) is 159 cm³/mol. The number of aromatic amines is 1. The first-order chi connectivity index (χ1) is 19.0. The van der Waals surface area contributed by atoms with Gasteiger partial charge in [-0.3, -0.25) is 4.79 Å². The van der Waals surface area contributed by atoms with E-state index in [0.29, 0.717) is 23.9 Å². The van der Waals surface area contributed by atoms with E-state index in [1.807, 2.05) is 31.3 Å². The Morgan fingerprint density at radius 2 is 2.05 bits per heavy atom. The van der Waals surface area contributed by atoms with Crippen LogP contribution in [0, 0.1) is 5.92 Å². The second kappa shape index (κ2) is 12.7. The van der Waals surface area contributed by atoms with E-state index in [-0.39, 0.29) is 5.91 Å². The van der Waals surface area contributed by atoms with Crippen molar-refractivity contribution in [3.8, 4) is 11.3 Å². The van der Waals surface area contributed by atoms with Gasteiger partial charge in [-0.15, -0.1) is 0 Å². The number of aryl methyl sites for hydroxylation is 1. The Morgan fingerprint density at radius 1 is 1.21 bits per heavy atom. The number of para-hydroxylation sites is 1. The van der Waals surface area contributed by atoms with Crippen molar-refractivity contribution < 1.29 is 4.79 Å². The van der Waals surface area contributed by atoms with E-state index in [4.69, 9.17) is 4.98 Å². The Labute approximate surface area is 232 Å². The number of anilines is 1. The van der Waals surface area contributed by atoms with Gasteiger partial charge in [0.2, 0.25) is 11.9 Å². The highest BCUT2D eigenvalue weighted by atomic mass is 16.2. The van der Waals surface area contributed by atoms with Crippen molar-refractivity contribution in [2.75, 3.05) is 45.6 Å². The lowest BCUT2D eigenvalue weighted by Crippen LogP contribution is -2.41. The van der Waals surface area contributed by atoms with Gasteiger partial charge in [-0.05, 0) is 76.7 Å². The van der Waals surface area contributed by atoms with E-state index in [1.54, 1.807) is 6.08 Å². The number of rotatable bonds is 10. The summed E-state index contributed by atoms with van der Waals surface area (Å²) in [6.07, 6.45) is 14.2. The minimum atomic E-state index is 0.141. The van der Waals surface area contributed by atoms with Gasteiger partial charge in [0, 0.05) is 66.7 Å². The standard InChI is InChI=1S/C31H43N7O/c1-4-23-19-34-31(36-30(23)27-20-33-28-12-6-5-11-26(27)28)35-25-10-7-9-24(17-25)32-18-22-14-16-38(21-22)29(39)13-8-15-37(2)3/h5-6,8,11-13,19-20,22,24-25,32-33H,4,7,9-10,14-18,21H2,1-3H3,(H,34,35,36)/b13-8+/t22?,24-,25?/m0/s1. The maximum atomic E-state index is 12.5. The normalized spacial score (nSPS) is 21.8. The van der Waals surface area contributed by atoms with E-state index in [2.05, 4.69) is 62.9 Å². The number of likely N-dealkylation sites (tertiary alicyclic amines) is 1. The lowest BCUT2D eigenvalue weighted by Gasteiger charge is -2.31. The van der Waals surface area contributed by atoms with Crippen LogP contribution in [0.2, 0.25) is 0 Å². The average Bonchev–Trinajstić information content (AvgIpc) is 3.59. The molecule has 8 nitrogen and oxygen atoms in total. The van der Waals surface area contributed by atoms with E-state index in [0.717, 1.165) is 74.2 Å².